The smallest absolute Gasteiger partial charge is 0.263 e. The Kier molecular flexibility index (Phi) is 8.78. The van der Waals surface area contributed by atoms with Gasteiger partial charge >= 0.3 is 0 Å². The number of hydroxylamine groups is 1. The van der Waals surface area contributed by atoms with Crippen LogP contribution in [0.25, 0.3) is 21.5 Å². The number of thiophene rings is 1. The van der Waals surface area contributed by atoms with E-state index in [1.54, 1.807) is 30.3 Å². The number of imidazole rings is 1. The number of aromatic amines is 1. The third-order valence-electron chi connectivity index (χ3n) is 6.64. The van der Waals surface area contributed by atoms with Crippen LogP contribution in [0.5, 0.6) is 0 Å². The van der Waals surface area contributed by atoms with Gasteiger partial charge in [-0.3, -0.25) is 10.0 Å². The molecule has 5 rings (SSSR count). The van der Waals surface area contributed by atoms with Crippen LogP contribution >= 0.6 is 35.6 Å². The van der Waals surface area contributed by atoms with Gasteiger partial charge in [0.1, 0.15) is 16.1 Å². The van der Waals surface area contributed by atoms with Gasteiger partial charge in [0.15, 0.2) is 0 Å². The van der Waals surface area contributed by atoms with Gasteiger partial charge in [-0.25, -0.2) is 27.3 Å². The summed E-state index contributed by atoms with van der Waals surface area (Å²) < 4.78 is 55.8. The van der Waals surface area contributed by atoms with Crippen molar-refractivity contribution in [2.75, 3.05) is 25.4 Å². The maximum atomic E-state index is 13.6. The lowest BCUT2D eigenvalue weighted by molar-refractivity contribution is -0.134. The molecule has 1 aliphatic heterocycles. The first-order valence-electron chi connectivity index (χ1n) is 12.4. The van der Waals surface area contributed by atoms with Crippen LogP contribution in [0.4, 0.5) is 0 Å². The number of rotatable bonds is 9. The minimum Gasteiger partial charge on any atom is -0.342 e. The number of halogens is 1. The van der Waals surface area contributed by atoms with Gasteiger partial charge in [-0.1, -0.05) is 35.9 Å². The number of para-hydroxylation sites is 2. The van der Waals surface area contributed by atoms with Gasteiger partial charge in [0.2, 0.25) is 10.0 Å². The summed E-state index contributed by atoms with van der Waals surface area (Å²) in [6.45, 7) is -0.916. The van der Waals surface area contributed by atoms with Gasteiger partial charge in [0.25, 0.3) is 15.9 Å². The Bertz CT molecular complexity index is 1740. The molecule has 0 radical (unpaired) electrons. The van der Waals surface area contributed by atoms with Gasteiger partial charge < -0.3 is 4.98 Å². The second kappa shape index (κ2) is 12.0. The molecule has 1 fully saturated rings. The van der Waals surface area contributed by atoms with Crippen LogP contribution in [0.15, 0.2) is 64.9 Å². The molecule has 3 N–H and O–H groups in total. The predicted octanol–water partition coefficient (Wildman–Crippen LogP) is 3.00. The second-order valence-electron chi connectivity index (χ2n) is 9.43. The number of nitrogens with zero attached hydrogens (tertiary/aromatic N) is 3. The Morgan fingerprint density at radius 3 is 2.56 bits per heavy atom. The van der Waals surface area contributed by atoms with Crippen molar-refractivity contribution in [3.05, 3.63) is 71.5 Å². The van der Waals surface area contributed by atoms with Crippen molar-refractivity contribution in [1.29, 1.82) is 0 Å². The molecule has 41 heavy (non-hydrogen) atoms. The molecule has 2 atom stereocenters. The minimum atomic E-state index is -4.20. The molecule has 218 valence electrons. The van der Waals surface area contributed by atoms with Gasteiger partial charge in [-0.05, 0) is 42.0 Å². The quantitative estimate of drug-likeness (QED) is 0.123. The van der Waals surface area contributed by atoms with Gasteiger partial charge in [0, 0.05) is 41.2 Å². The van der Waals surface area contributed by atoms with E-state index in [0.717, 1.165) is 36.5 Å². The number of H-pyrrole nitrogens is 1. The third kappa shape index (κ3) is 6.46. The number of aromatic nitrogens is 2. The number of piperazine rings is 1. The van der Waals surface area contributed by atoms with E-state index in [1.165, 1.54) is 11.5 Å². The zero-order valence-corrected chi connectivity index (χ0v) is 25.4. The summed E-state index contributed by atoms with van der Waals surface area (Å²) >= 11 is 11.4. The van der Waals surface area contributed by atoms with Crippen molar-refractivity contribution >= 4 is 72.6 Å². The number of carbonyl (C=O) groups excluding carboxylic acids is 1. The SMILES string of the molecule is O=C(NO)[C@H]1CN(S(=O)(=O)CC(S)Cc2nc3ccccc3[nH]2)CCN1S(=O)(=O)c1ccc(-c2ccc(Cl)cc2)s1. The van der Waals surface area contributed by atoms with Gasteiger partial charge in [-0.15, -0.1) is 11.3 Å². The van der Waals surface area contributed by atoms with Crippen LogP contribution in [-0.2, 0) is 31.3 Å². The summed E-state index contributed by atoms with van der Waals surface area (Å²) in [4.78, 5) is 20.9. The fourth-order valence-corrected chi connectivity index (χ4v) is 10.1. The number of hydrogen-bond donors (Lipinski definition) is 4. The normalized spacial score (nSPS) is 18.0. The Morgan fingerprint density at radius 2 is 1.85 bits per heavy atom. The predicted molar refractivity (Wildman–Crippen MR) is 160 cm³/mol. The fraction of sp³-hybridized carbons (Fsp3) is 0.280. The topological polar surface area (TPSA) is 153 Å². The average molecular weight is 656 g/mol. The number of nitrogens with one attached hydrogen (secondary N) is 2. The summed E-state index contributed by atoms with van der Waals surface area (Å²) in [7, 11) is -8.15. The molecule has 1 saturated heterocycles. The van der Waals surface area contributed by atoms with Crippen molar-refractivity contribution in [2.45, 2.75) is 21.9 Å². The Morgan fingerprint density at radius 1 is 1.12 bits per heavy atom. The molecule has 1 amide bonds. The zero-order chi connectivity index (χ0) is 29.4. The number of amides is 1. The Balaban J connectivity index is 1.31. The Hall–Kier alpha value is -2.50. The highest BCUT2D eigenvalue weighted by Gasteiger charge is 2.43. The molecule has 0 saturated carbocycles. The molecular weight excluding hydrogens is 630 g/mol. The molecule has 1 aliphatic rings. The van der Waals surface area contributed by atoms with Crippen LogP contribution < -0.4 is 5.48 Å². The molecule has 16 heteroatoms. The summed E-state index contributed by atoms with van der Waals surface area (Å²) in [6, 6.07) is 15.9. The van der Waals surface area contributed by atoms with Crippen LogP contribution in [-0.4, -0.2) is 83.2 Å². The van der Waals surface area contributed by atoms with E-state index in [0.29, 0.717) is 15.7 Å². The number of fused-ring (bicyclic) bond motifs is 1. The molecule has 0 aliphatic carbocycles. The van der Waals surface area contributed by atoms with Crippen LogP contribution in [0, 0.1) is 0 Å². The molecule has 4 aromatic rings. The summed E-state index contributed by atoms with van der Waals surface area (Å²) in [6.07, 6.45) is 0.250. The van der Waals surface area contributed by atoms with E-state index in [-0.39, 0.29) is 29.5 Å². The van der Waals surface area contributed by atoms with E-state index in [9.17, 15) is 26.8 Å². The average Bonchev–Trinajstić information content (AvgIpc) is 3.60. The van der Waals surface area contributed by atoms with E-state index in [1.807, 2.05) is 24.3 Å². The maximum Gasteiger partial charge on any atom is 0.263 e. The lowest BCUT2D eigenvalue weighted by Crippen LogP contribution is -2.61. The van der Waals surface area contributed by atoms with E-state index >= 15 is 0 Å². The van der Waals surface area contributed by atoms with Gasteiger partial charge in [-0.2, -0.15) is 21.2 Å². The number of hydrogen-bond acceptors (Lipinski definition) is 9. The molecule has 2 aromatic heterocycles. The molecular formula is C25H26ClN5O6S4. The van der Waals surface area contributed by atoms with E-state index in [4.69, 9.17) is 11.6 Å². The van der Waals surface area contributed by atoms with Gasteiger partial charge in [0.05, 0.1) is 16.8 Å². The lowest BCUT2D eigenvalue weighted by Gasteiger charge is -2.38. The summed E-state index contributed by atoms with van der Waals surface area (Å²) in [5.74, 6) is -0.806. The van der Waals surface area contributed by atoms with Crippen LogP contribution in [0.2, 0.25) is 5.02 Å². The Labute approximate surface area is 251 Å². The number of carbonyl (C=O) groups is 1. The number of benzene rings is 2. The molecule has 2 aromatic carbocycles. The summed E-state index contributed by atoms with van der Waals surface area (Å²) in [5.41, 5.74) is 3.83. The van der Waals surface area contributed by atoms with Crippen molar-refractivity contribution < 1.29 is 26.8 Å². The zero-order valence-electron chi connectivity index (χ0n) is 21.3. The van der Waals surface area contributed by atoms with Crippen molar-refractivity contribution in [2.24, 2.45) is 0 Å². The van der Waals surface area contributed by atoms with Crippen molar-refractivity contribution in [3.63, 3.8) is 0 Å². The van der Waals surface area contributed by atoms with Crippen molar-refractivity contribution in [3.8, 4) is 10.4 Å². The molecule has 3 heterocycles. The highest BCUT2D eigenvalue weighted by molar-refractivity contribution is 7.91. The highest BCUT2D eigenvalue weighted by Crippen LogP contribution is 2.34. The first kappa shape index (κ1) is 30.0. The standard InChI is InChI=1S/C25H26ClN5O6S4/c26-17-7-5-16(6-8-17)22-9-10-24(39-22)41(36,37)31-12-11-30(14-21(31)25(32)29-33)40(34,35)15-18(38)13-23-27-19-3-1-2-4-20(19)28-23/h1-10,18,21,33,38H,11-15H2,(H,27,28)(H,29,32)/t18?,21-/m1/s1. The minimum absolute atomic E-state index is 0.0178. The van der Waals surface area contributed by atoms with Crippen molar-refractivity contribution in [1.82, 2.24) is 24.1 Å². The highest BCUT2D eigenvalue weighted by atomic mass is 35.5. The largest absolute Gasteiger partial charge is 0.342 e. The number of sulfonamides is 2. The lowest BCUT2D eigenvalue weighted by atomic mass is 10.2. The monoisotopic (exact) mass is 655 g/mol. The van der Waals surface area contributed by atoms with Crippen LogP contribution in [0.1, 0.15) is 5.82 Å². The molecule has 11 nitrogen and oxygen atoms in total. The number of thiol groups is 1. The first-order chi connectivity index (χ1) is 19.5. The van der Waals surface area contributed by atoms with E-state index in [2.05, 4.69) is 22.6 Å². The summed E-state index contributed by atoms with van der Waals surface area (Å²) in [5, 5.41) is 9.28. The maximum absolute atomic E-state index is 13.6. The third-order valence-corrected chi connectivity index (χ3v) is 13.0. The second-order valence-corrected chi connectivity index (χ2v) is 15.8. The van der Waals surface area contributed by atoms with Crippen LogP contribution in [0.3, 0.4) is 0 Å². The molecule has 0 bridgehead atoms. The molecule has 1 unspecified atom stereocenters. The fourth-order valence-electron chi connectivity index (χ4n) is 4.65. The first-order valence-corrected chi connectivity index (χ1v) is 17.1. The van der Waals surface area contributed by atoms with E-state index < -0.39 is 43.8 Å². The molecule has 0 spiro atoms.